The molecule has 12 heteroatoms. The fraction of sp³-hybridized carbons (Fsp3) is 0.391. The van der Waals surface area contributed by atoms with Gasteiger partial charge in [-0.25, -0.2) is 12.8 Å². The number of carbonyl (C=O) groups is 2. The number of rotatable bonds is 7. The summed E-state index contributed by atoms with van der Waals surface area (Å²) in [6.45, 7) is 1.28. The van der Waals surface area contributed by atoms with Gasteiger partial charge in [0.15, 0.2) is 0 Å². The number of carbonyl (C=O) groups excluding carboxylic acids is 2. The van der Waals surface area contributed by atoms with Gasteiger partial charge in [0.05, 0.1) is 10.5 Å². The summed E-state index contributed by atoms with van der Waals surface area (Å²) in [6.07, 6.45) is -4.05. The van der Waals surface area contributed by atoms with Gasteiger partial charge in [0.2, 0.25) is 21.8 Å². The molecule has 2 N–H and O–H groups in total. The Morgan fingerprint density at radius 3 is 2.29 bits per heavy atom. The lowest BCUT2D eigenvalue weighted by Crippen LogP contribution is -2.53. The summed E-state index contributed by atoms with van der Waals surface area (Å²) >= 11 is 0. The van der Waals surface area contributed by atoms with E-state index in [4.69, 9.17) is 0 Å². The molecule has 0 saturated carbocycles. The molecule has 35 heavy (non-hydrogen) atoms. The van der Waals surface area contributed by atoms with Crippen LogP contribution in [-0.4, -0.2) is 49.7 Å². The van der Waals surface area contributed by atoms with E-state index in [1.165, 1.54) is 31.2 Å². The van der Waals surface area contributed by atoms with E-state index < -0.39 is 50.3 Å². The molecule has 0 aliphatic carbocycles. The number of hydrogen-bond donors (Lipinski definition) is 2. The fourth-order valence-electron chi connectivity index (χ4n) is 3.84. The molecule has 190 valence electrons. The zero-order chi connectivity index (χ0) is 25.8. The van der Waals surface area contributed by atoms with Gasteiger partial charge >= 0.3 is 6.18 Å². The second kappa shape index (κ2) is 10.7. The Labute approximate surface area is 200 Å². The largest absolute Gasteiger partial charge is 0.416 e. The van der Waals surface area contributed by atoms with Gasteiger partial charge in [0, 0.05) is 32.5 Å². The summed E-state index contributed by atoms with van der Waals surface area (Å²) in [5.74, 6) is -1.32. The number of sulfonamides is 1. The van der Waals surface area contributed by atoms with Crippen molar-refractivity contribution in [2.24, 2.45) is 0 Å². The minimum absolute atomic E-state index is 0.00624. The van der Waals surface area contributed by atoms with Crippen LogP contribution in [0.3, 0.4) is 0 Å². The number of piperidine rings is 1. The van der Waals surface area contributed by atoms with Crippen LogP contribution < -0.4 is 10.6 Å². The van der Waals surface area contributed by atoms with Crippen molar-refractivity contribution >= 4 is 21.8 Å². The van der Waals surface area contributed by atoms with Crippen molar-refractivity contribution in [1.29, 1.82) is 0 Å². The molecule has 0 radical (unpaired) electrons. The third-order valence-corrected chi connectivity index (χ3v) is 7.54. The minimum Gasteiger partial charge on any atom is -0.351 e. The summed E-state index contributed by atoms with van der Waals surface area (Å²) in [5, 5.41) is 5.36. The maximum absolute atomic E-state index is 13.2. The van der Waals surface area contributed by atoms with E-state index in [1.54, 1.807) is 0 Å². The first-order valence-electron chi connectivity index (χ1n) is 10.9. The van der Waals surface area contributed by atoms with Gasteiger partial charge in [-0.05, 0) is 48.7 Å². The SMILES string of the molecule is CC(=O)N[C@@H](Cc1ccc(F)cc1)C(=O)NC1CCN(S(=O)(=O)c2cccc(C(F)(F)F)c2)CC1. The van der Waals surface area contributed by atoms with Crippen molar-refractivity contribution in [2.45, 2.75) is 49.3 Å². The summed E-state index contributed by atoms with van der Waals surface area (Å²) < 4.78 is 78.9. The Morgan fingerprint density at radius 1 is 1.09 bits per heavy atom. The number of nitrogens with one attached hydrogen (secondary N) is 2. The topological polar surface area (TPSA) is 95.6 Å². The van der Waals surface area contributed by atoms with Crippen molar-refractivity contribution in [3.8, 4) is 0 Å². The normalized spacial score (nSPS) is 16.5. The molecule has 2 amide bonds. The van der Waals surface area contributed by atoms with Crippen molar-refractivity contribution < 1.29 is 35.6 Å². The second-order valence-corrected chi connectivity index (χ2v) is 10.2. The maximum atomic E-state index is 13.2. The molecule has 1 atom stereocenters. The van der Waals surface area contributed by atoms with E-state index in [0.29, 0.717) is 11.6 Å². The van der Waals surface area contributed by atoms with Crippen LogP contribution in [-0.2, 0) is 32.2 Å². The summed E-state index contributed by atoms with van der Waals surface area (Å²) in [5.41, 5.74) is -0.409. The first-order chi connectivity index (χ1) is 16.4. The Morgan fingerprint density at radius 2 is 1.71 bits per heavy atom. The van der Waals surface area contributed by atoms with Crippen LogP contribution in [0, 0.1) is 5.82 Å². The molecule has 0 spiro atoms. The van der Waals surface area contributed by atoms with Gasteiger partial charge in [-0.2, -0.15) is 17.5 Å². The van der Waals surface area contributed by atoms with Crippen molar-refractivity contribution in [3.63, 3.8) is 0 Å². The van der Waals surface area contributed by atoms with Crippen LogP contribution in [0.25, 0.3) is 0 Å². The number of alkyl halides is 3. The second-order valence-electron chi connectivity index (χ2n) is 8.30. The molecule has 1 aliphatic rings. The lowest BCUT2D eigenvalue weighted by Gasteiger charge is -2.32. The number of nitrogens with zero attached hydrogens (tertiary/aromatic N) is 1. The number of hydrogen-bond acceptors (Lipinski definition) is 4. The zero-order valence-corrected chi connectivity index (χ0v) is 19.6. The van der Waals surface area contributed by atoms with E-state index in [0.717, 1.165) is 22.5 Å². The van der Waals surface area contributed by atoms with Gasteiger partial charge in [-0.3, -0.25) is 9.59 Å². The van der Waals surface area contributed by atoms with Crippen molar-refractivity contribution in [3.05, 3.63) is 65.5 Å². The van der Waals surface area contributed by atoms with E-state index in [9.17, 15) is 35.6 Å². The van der Waals surface area contributed by atoms with Crippen LogP contribution >= 0.6 is 0 Å². The third-order valence-electron chi connectivity index (χ3n) is 5.65. The Kier molecular flexibility index (Phi) is 8.16. The summed E-state index contributed by atoms with van der Waals surface area (Å²) in [6, 6.07) is 7.79. The lowest BCUT2D eigenvalue weighted by atomic mass is 10.0. The minimum atomic E-state index is -4.67. The Hall–Kier alpha value is -2.99. The molecule has 3 rings (SSSR count). The standard InChI is InChI=1S/C23H25F4N3O4S/c1-15(31)28-21(13-16-5-7-18(24)8-6-16)22(32)29-19-9-11-30(12-10-19)35(33,34)20-4-2-3-17(14-20)23(25,26)27/h2-8,14,19,21H,9-13H2,1H3,(H,28,31)(H,29,32)/t21-/m0/s1. The van der Waals surface area contributed by atoms with Gasteiger partial charge in [0.1, 0.15) is 11.9 Å². The average Bonchev–Trinajstić information content (AvgIpc) is 2.79. The van der Waals surface area contributed by atoms with Crippen LogP contribution in [0.15, 0.2) is 53.4 Å². The Balaban J connectivity index is 1.62. The molecule has 0 bridgehead atoms. The van der Waals surface area contributed by atoms with E-state index in [-0.39, 0.29) is 38.4 Å². The van der Waals surface area contributed by atoms with E-state index in [1.807, 2.05) is 0 Å². The highest BCUT2D eigenvalue weighted by molar-refractivity contribution is 7.89. The molecule has 1 saturated heterocycles. The third kappa shape index (κ3) is 7.01. The van der Waals surface area contributed by atoms with E-state index >= 15 is 0 Å². The number of amides is 2. The van der Waals surface area contributed by atoms with Crippen LogP contribution in [0.5, 0.6) is 0 Å². The van der Waals surface area contributed by atoms with Crippen molar-refractivity contribution in [1.82, 2.24) is 14.9 Å². The van der Waals surface area contributed by atoms with Gasteiger partial charge in [-0.15, -0.1) is 0 Å². The Bertz CT molecular complexity index is 1160. The highest BCUT2D eigenvalue weighted by Crippen LogP contribution is 2.31. The quantitative estimate of drug-likeness (QED) is 0.555. The maximum Gasteiger partial charge on any atom is 0.416 e. The monoisotopic (exact) mass is 515 g/mol. The number of benzene rings is 2. The molecular formula is C23H25F4N3O4S. The predicted octanol–water partition coefficient (Wildman–Crippen LogP) is 2.86. The molecule has 1 aliphatic heterocycles. The highest BCUT2D eigenvalue weighted by Gasteiger charge is 2.34. The molecule has 1 fully saturated rings. The molecule has 2 aromatic carbocycles. The van der Waals surface area contributed by atoms with Gasteiger partial charge in [0.25, 0.3) is 0 Å². The fourth-order valence-corrected chi connectivity index (χ4v) is 5.35. The summed E-state index contributed by atoms with van der Waals surface area (Å²) in [7, 11) is -4.14. The first-order valence-corrected chi connectivity index (χ1v) is 12.3. The summed E-state index contributed by atoms with van der Waals surface area (Å²) in [4.78, 5) is 23.9. The van der Waals surface area contributed by atoms with Gasteiger partial charge in [-0.1, -0.05) is 18.2 Å². The molecular weight excluding hydrogens is 490 g/mol. The van der Waals surface area contributed by atoms with Crippen LogP contribution in [0.4, 0.5) is 17.6 Å². The highest BCUT2D eigenvalue weighted by atomic mass is 32.2. The molecule has 0 unspecified atom stereocenters. The molecule has 2 aromatic rings. The predicted molar refractivity (Wildman–Crippen MR) is 119 cm³/mol. The lowest BCUT2D eigenvalue weighted by molar-refractivity contribution is -0.137. The van der Waals surface area contributed by atoms with Crippen LogP contribution in [0.2, 0.25) is 0 Å². The molecule has 7 nitrogen and oxygen atoms in total. The average molecular weight is 516 g/mol. The smallest absolute Gasteiger partial charge is 0.351 e. The van der Waals surface area contributed by atoms with Crippen LogP contribution in [0.1, 0.15) is 30.9 Å². The number of halogens is 4. The van der Waals surface area contributed by atoms with Gasteiger partial charge < -0.3 is 10.6 Å². The zero-order valence-electron chi connectivity index (χ0n) is 18.8. The molecule has 0 aromatic heterocycles. The van der Waals surface area contributed by atoms with E-state index in [2.05, 4.69) is 10.6 Å². The van der Waals surface area contributed by atoms with Crippen molar-refractivity contribution in [2.75, 3.05) is 13.1 Å². The first kappa shape index (κ1) is 26.6. The molecule has 1 heterocycles.